The number of nitrogens with zero attached hydrogens (tertiary/aromatic N) is 1. The van der Waals surface area contributed by atoms with E-state index in [0.717, 1.165) is 36.0 Å². The van der Waals surface area contributed by atoms with Crippen molar-refractivity contribution in [2.24, 2.45) is 0 Å². The fourth-order valence-corrected chi connectivity index (χ4v) is 2.56. The third-order valence-corrected chi connectivity index (χ3v) is 3.56. The van der Waals surface area contributed by atoms with Gasteiger partial charge in [-0.3, -0.25) is 4.98 Å². The van der Waals surface area contributed by atoms with Gasteiger partial charge in [-0.05, 0) is 57.4 Å². The largest absolute Gasteiger partial charge is 0.491 e. The molecule has 3 nitrogen and oxygen atoms in total. The van der Waals surface area contributed by atoms with Crippen molar-refractivity contribution >= 4 is 16.6 Å². The van der Waals surface area contributed by atoms with Gasteiger partial charge < -0.3 is 10.1 Å². The number of aryl methyl sites for hydroxylation is 1. The van der Waals surface area contributed by atoms with Crippen LogP contribution in [0.2, 0.25) is 0 Å². The zero-order valence-electron chi connectivity index (χ0n) is 13.8. The Hall–Kier alpha value is -1.77. The SMILES string of the molecule is CCCNc1c(C)c(CC)nc2ccc(OC(C)C)cc12. The van der Waals surface area contributed by atoms with Crippen LogP contribution in [0.5, 0.6) is 5.75 Å². The van der Waals surface area contributed by atoms with Crippen molar-refractivity contribution in [2.75, 3.05) is 11.9 Å². The minimum absolute atomic E-state index is 0.179. The number of ether oxygens (including phenoxy) is 1. The molecule has 0 aliphatic heterocycles. The van der Waals surface area contributed by atoms with E-state index in [-0.39, 0.29) is 6.10 Å². The molecule has 0 saturated carbocycles. The number of nitrogens with one attached hydrogen (secondary N) is 1. The Balaban J connectivity index is 2.57. The smallest absolute Gasteiger partial charge is 0.120 e. The molecule has 114 valence electrons. The van der Waals surface area contributed by atoms with Crippen molar-refractivity contribution < 1.29 is 4.74 Å². The van der Waals surface area contributed by atoms with E-state index in [9.17, 15) is 0 Å². The summed E-state index contributed by atoms with van der Waals surface area (Å²) in [6.07, 6.45) is 2.23. The summed E-state index contributed by atoms with van der Waals surface area (Å²) in [7, 11) is 0. The summed E-state index contributed by atoms with van der Waals surface area (Å²) in [5.41, 5.74) is 4.65. The quantitative estimate of drug-likeness (QED) is 0.834. The standard InChI is InChI=1S/C18H26N2O/c1-6-10-19-18-13(5)16(7-2)20-17-9-8-14(11-15(17)18)21-12(3)4/h8-9,11-12H,6-7,10H2,1-5H3,(H,19,20). The van der Waals surface area contributed by atoms with Gasteiger partial charge in [-0.25, -0.2) is 0 Å². The second kappa shape index (κ2) is 6.79. The van der Waals surface area contributed by atoms with Crippen LogP contribution in [0, 0.1) is 6.92 Å². The van der Waals surface area contributed by atoms with Crippen LogP contribution in [0.4, 0.5) is 5.69 Å². The summed E-state index contributed by atoms with van der Waals surface area (Å²) in [5, 5.41) is 4.71. The Labute approximate surface area is 127 Å². The molecule has 0 saturated heterocycles. The summed E-state index contributed by atoms with van der Waals surface area (Å²) < 4.78 is 5.82. The van der Waals surface area contributed by atoms with Crippen LogP contribution < -0.4 is 10.1 Å². The van der Waals surface area contributed by atoms with Crippen LogP contribution in [0.15, 0.2) is 18.2 Å². The molecule has 3 heteroatoms. The maximum Gasteiger partial charge on any atom is 0.120 e. The molecule has 2 rings (SSSR count). The van der Waals surface area contributed by atoms with E-state index >= 15 is 0 Å². The monoisotopic (exact) mass is 286 g/mol. The Kier molecular flexibility index (Phi) is 5.05. The van der Waals surface area contributed by atoms with Gasteiger partial charge in [-0.2, -0.15) is 0 Å². The molecule has 0 radical (unpaired) electrons. The van der Waals surface area contributed by atoms with Crippen LogP contribution in [0.3, 0.4) is 0 Å². The molecular weight excluding hydrogens is 260 g/mol. The Morgan fingerprint density at radius 1 is 1.24 bits per heavy atom. The van der Waals surface area contributed by atoms with Crippen LogP contribution in [-0.4, -0.2) is 17.6 Å². The number of aromatic nitrogens is 1. The van der Waals surface area contributed by atoms with Gasteiger partial charge in [0.05, 0.1) is 11.6 Å². The lowest BCUT2D eigenvalue weighted by atomic mass is 10.0. The molecule has 1 heterocycles. The number of hydrogen-bond acceptors (Lipinski definition) is 3. The number of rotatable bonds is 6. The first-order chi connectivity index (χ1) is 10.1. The van der Waals surface area contributed by atoms with E-state index in [1.54, 1.807) is 0 Å². The molecule has 2 aromatic rings. The molecule has 1 aromatic heterocycles. The first-order valence-electron chi connectivity index (χ1n) is 7.90. The van der Waals surface area contributed by atoms with Gasteiger partial charge >= 0.3 is 0 Å². The summed E-state index contributed by atoms with van der Waals surface area (Å²) in [4.78, 5) is 4.79. The van der Waals surface area contributed by atoms with Crippen molar-refractivity contribution in [2.45, 2.75) is 53.6 Å². The molecule has 0 fully saturated rings. The van der Waals surface area contributed by atoms with Gasteiger partial charge in [0.1, 0.15) is 5.75 Å². The topological polar surface area (TPSA) is 34.2 Å². The Morgan fingerprint density at radius 2 is 2.00 bits per heavy atom. The van der Waals surface area contributed by atoms with E-state index in [0.29, 0.717) is 0 Å². The maximum absolute atomic E-state index is 5.82. The number of pyridine rings is 1. The molecule has 0 amide bonds. The first kappa shape index (κ1) is 15.6. The van der Waals surface area contributed by atoms with Gasteiger partial charge in [-0.1, -0.05) is 13.8 Å². The molecule has 0 bridgehead atoms. The van der Waals surface area contributed by atoms with Gasteiger partial charge in [0.2, 0.25) is 0 Å². The molecule has 0 aliphatic carbocycles. The van der Waals surface area contributed by atoms with Gasteiger partial charge in [0.15, 0.2) is 0 Å². The molecule has 1 N–H and O–H groups in total. The number of benzene rings is 1. The molecule has 0 aliphatic rings. The lowest BCUT2D eigenvalue weighted by Crippen LogP contribution is -2.07. The fourth-order valence-electron chi connectivity index (χ4n) is 2.56. The van der Waals surface area contributed by atoms with Gasteiger partial charge in [-0.15, -0.1) is 0 Å². The Bertz CT molecular complexity index is 620. The lowest BCUT2D eigenvalue weighted by Gasteiger charge is -2.17. The van der Waals surface area contributed by atoms with Crippen LogP contribution in [0.1, 0.15) is 45.4 Å². The average Bonchev–Trinajstić information content (AvgIpc) is 2.45. The van der Waals surface area contributed by atoms with Crippen molar-refractivity contribution in [3.63, 3.8) is 0 Å². The highest BCUT2D eigenvalue weighted by molar-refractivity contribution is 5.94. The van der Waals surface area contributed by atoms with Crippen molar-refractivity contribution in [3.8, 4) is 5.75 Å². The third-order valence-electron chi connectivity index (χ3n) is 3.56. The zero-order chi connectivity index (χ0) is 15.4. The zero-order valence-corrected chi connectivity index (χ0v) is 13.8. The fraction of sp³-hybridized carbons (Fsp3) is 0.500. The second-order valence-electron chi connectivity index (χ2n) is 5.68. The summed E-state index contributed by atoms with van der Waals surface area (Å²) >= 11 is 0. The predicted molar refractivity (Wildman–Crippen MR) is 90.4 cm³/mol. The molecular formula is C18H26N2O. The van der Waals surface area contributed by atoms with Crippen molar-refractivity contribution in [1.29, 1.82) is 0 Å². The summed E-state index contributed by atoms with van der Waals surface area (Å²) in [5.74, 6) is 0.905. The summed E-state index contributed by atoms with van der Waals surface area (Å²) in [6.45, 7) is 11.5. The average molecular weight is 286 g/mol. The van der Waals surface area contributed by atoms with E-state index in [4.69, 9.17) is 9.72 Å². The molecule has 0 unspecified atom stereocenters. The molecule has 1 aromatic carbocycles. The minimum atomic E-state index is 0.179. The molecule has 0 atom stereocenters. The highest BCUT2D eigenvalue weighted by Gasteiger charge is 2.11. The van der Waals surface area contributed by atoms with Crippen molar-refractivity contribution in [1.82, 2.24) is 4.98 Å². The maximum atomic E-state index is 5.82. The van der Waals surface area contributed by atoms with Gasteiger partial charge in [0, 0.05) is 23.3 Å². The van der Waals surface area contributed by atoms with E-state index < -0.39 is 0 Å². The number of fused-ring (bicyclic) bond motifs is 1. The van der Waals surface area contributed by atoms with Crippen LogP contribution in [-0.2, 0) is 6.42 Å². The predicted octanol–water partition coefficient (Wildman–Crippen LogP) is 4.71. The highest BCUT2D eigenvalue weighted by Crippen LogP contribution is 2.31. The first-order valence-corrected chi connectivity index (χ1v) is 7.90. The number of anilines is 1. The third kappa shape index (κ3) is 3.46. The highest BCUT2D eigenvalue weighted by atomic mass is 16.5. The Morgan fingerprint density at radius 3 is 2.62 bits per heavy atom. The van der Waals surface area contributed by atoms with E-state index in [1.807, 2.05) is 19.9 Å². The van der Waals surface area contributed by atoms with Crippen LogP contribution in [0.25, 0.3) is 10.9 Å². The normalized spacial score (nSPS) is 11.1. The number of hydrogen-bond donors (Lipinski definition) is 1. The van der Waals surface area contributed by atoms with E-state index in [2.05, 4.69) is 38.2 Å². The van der Waals surface area contributed by atoms with Crippen LogP contribution >= 0.6 is 0 Å². The molecule has 21 heavy (non-hydrogen) atoms. The van der Waals surface area contributed by atoms with Crippen molar-refractivity contribution in [3.05, 3.63) is 29.5 Å². The molecule has 0 spiro atoms. The summed E-state index contributed by atoms with van der Waals surface area (Å²) in [6, 6.07) is 6.17. The van der Waals surface area contributed by atoms with E-state index in [1.165, 1.54) is 16.9 Å². The lowest BCUT2D eigenvalue weighted by molar-refractivity contribution is 0.243. The van der Waals surface area contributed by atoms with Gasteiger partial charge in [0.25, 0.3) is 0 Å². The minimum Gasteiger partial charge on any atom is -0.491 e. The second-order valence-corrected chi connectivity index (χ2v) is 5.68.